The first-order valence-electron chi connectivity index (χ1n) is 9.93. The molecule has 0 radical (unpaired) electrons. The van der Waals surface area contributed by atoms with Crippen LogP contribution in [-0.2, 0) is 13.5 Å². The van der Waals surface area contributed by atoms with Crippen LogP contribution in [-0.4, -0.2) is 18.7 Å². The van der Waals surface area contributed by atoms with Gasteiger partial charge < -0.3 is 4.57 Å². The van der Waals surface area contributed by atoms with Crippen molar-refractivity contribution in [3.05, 3.63) is 56.0 Å². The lowest BCUT2D eigenvalue weighted by molar-refractivity contribution is 0.423. The minimum atomic E-state index is -0.408. The van der Waals surface area contributed by atoms with Gasteiger partial charge in [0, 0.05) is 24.5 Å². The van der Waals surface area contributed by atoms with Crippen molar-refractivity contribution in [2.24, 2.45) is 7.05 Å². The third-order valence-corrected chi connectivity index (χ3v) is 5.42. The molecule has 6 nitrogen and oxygen atoms in total. The van der Waals surface area contributed by atoms with E-state index in [1.165, 1.54) is 16.2 Å². The summed E-state index contributed by atoms with van der Waals surface area (Å²) in [6.07, 6.45) is 4.66. The summed E-state index contributed by atoms with van der Waals surface area (Å²) in [5.74, 6) is 0.840. The van der Waals surface area contributed by atoms with Crippen LogP contribution in [0, 0.1) is 0 Å². The lowest BCUT2D eigenvalue weighted by Gasteiger charge is -2.20. The molecule has 0 spiro atoms. The minimum Gasteiger partial charge on any atom is -0.319 e. The molecule has 1 aromatic carbocycles. The van der Waals surface area contributed by atoms with Crippen LogP contribution in [0.3, 0.4) is 0 Å². The Hall–Kier alpha value is -2.34. The van der Waals surface area contributed by atoms with E-state index in [1.807, 2.05) is 6.92 Å². The van der Waals surface area contributed by atoms with Gasteiger partial charge in [0.05, 0.1) is 5.69 Å². The predicted octanol–water partition coefficient (Wildman–Crippen LogP) is 4.24. The summed E-state index contributed by atoms with van der Waals surface area (Å²) >= 11 is 6.01. The van der Waals surface area contributed by atoms with Gasteiger partial charge in [-0.3, -0.25) is 9.36 Å². The third-order valence-electron chi connectivity index (χ3n) is 5.17. The Labute approximate surface area is 169 Å². The average Bonchev–Trinajstić information content (AvgIpc) is 3.07. The van der Waals surface area contributed by atoms with Crippen LogP contribution < -0.4 is 11.2 Å². The molecule has 7 heteroatoms. The highest BCUT2D eigenvalue weighted by molar-refractivity contribution is 6.30. The molecule has 0 amide bonds. The zero-order valence-corrected chi connectivity index (χ0v) is 17.7. The molecule has 0 unspecified atom stereocenters. The van der Waals surface area contributed by atoms with Crippen molar-refractivity contribution in [3.63, 3.8) is 0 Å². The molecule has 0 saturated heterocycles. The van der Waals surface area contributed by atoms with Crippen LogP contribution in [0.5, 0.6) is 0 Å². The van der Waals surface area contributed by atoms with E-state index in [2.05, 4.69) is 18.4 Å². The Morgan fingerprint density at radius 2 is 1.64 bits per heavy atom. The summed E-state index contributed by atoms with van der Waals surface area (Å²) in [5.41, 5.74) is 0.861. The van der Waals surface area contributed by atoms with Crippen LogP contribution in [0.15, 0.2) is 33.9 Å². The van der Waals surface area contributed by atoms with Gasteiger partial charge in [-0.15, -0.1) is 0 Å². The predicted molar refractivity (Wildman–Crippen MR) is 114 cm³/mol. The number of aryl methyl sites for hydroxylation is 1. The molecule has 2 heterocycles. The Bertz CT molecular complexity index is 1090. The second-order valence-corrected chi connectivity index (χ2v) is 7.55. The van der Waals surface area contributed by atoms with Crippen molar-refractivity contribution in [1.29, 1.82) is 0 Å². The fraction of sp³-hybridized carbons (Fsp3) is 0.476. The molecular weight excluding hydrogens is 376 g/mol. The largest absolute Gasteiger partial charge is 0.337 e. The molecule has 150 valence electrons. The van der Waals surface area contributed by atoms with Crippen LogP contribution in [0.4, 0.5) is 0 Å². The summed E-state index contributed by atoms with van der Waals surface area (Å²) in [5, 5.41) is 0.587. The van der Waals surface area contributed by atoms with Crippen molar-refractivity contribution >= 4 is 22.8 Å². The standard InChI is InChI=1S/C21H27ClN4O2/c1-5-8-15(9-6-2)25-17(7-3)23-19-18(25)20(27)24(4)21(28)26(19)16-12-10-14(22)11-13-16/h10-13,15H,5-9H2,1-4H3. The number of benzene rings is 1. The fourth-order valence-electron chi connectivity index (χ4n) is 3.84. The maximum absolute atomic E-state index is 13.1. The summed E-state index contributed by atoms with van der Waals surface area (Å²) in [6.45, 7) is 6.33. The molecule has 0 bridgehead atoms. The topological polar surface area (TPSA) is 61.8 Å². The number of imidazole rings is 1. The molecule has 0 aliphatic carbocycles. The molecule has 0 atom stereocenters. The third kappa shape index (κ3) is 3.41. The monoisotopic (exact) mass is 402 g/mol. The van der Waals surface area contributed by atoms with Crippen LogP contribution >= 0.6 is 11.6 Å². The number of hydrogen-bond acceptors (Lipinski definition) is 3. The summed E-state index contributed by atoms with van der Waals surface area (Å²) in [7, 11) is 1.52. The second kappa shape index (κ2) is 8.35. The fourth-order valence-corrected chi connectivity index (χ4v) is 3.97. The van der Waals surface area contributed by atoms with Crippen molar-refractivity contribution in [2.75, 3.05) is 0 Å². The van der Waals surface area contributed by atoms with Gasteiger partial charge in [0.15, 0.2) is 11.2 Å². The number of rotatable bonds is 7. The maximum Gasteiger partial charge on any atom is 0.337 e. The van der Waals surface area contributed by atoms with E-state index in [0.29, 0.717) is 28.3 Å². The van der Waals surface area contributed by atoms with Crippen LogP contribution in [0.1, 0.15) is 58.3 Å². The molecule has 0 aliphatic heterocycles. The summed E-state index contributed by atoms with van der Waals surface area (Å²) < 4.78 is 4.76. The molecular formula is C21H27ClN4O2. The first kappa shape index (κ1) is 20.4. The molecule has 0 N–H and O–H groups in total. The van der Waals surface area contributed by atoms with Gasteiger partial charge in [-0.1, -0.05) is 45.2 Å². The van der Waals surface area contributed by atoms with Gasteiger partial charge >= 0.3 is 5.69 Å². The molecule has 3 rings (SSSR count). The Morgan fingerprint density at radius 3 is 2.18 bits per heavy atom. The zero-order valence-electron chi connectivity index (χ0n) is 16.9. The first-order chi connectivity index (χ1) is 13.4. The lowest BCUT2D eigenvalue weighted by Crippen LogP contribution is -2.38. The molecule has 3 aromatic rings. The van der Waals surface area contributed by atoms with Gasteiger partial charge in [-0.05, 0) is 37.1 Å². The number of fused-ring (bicyclic) bond motifs is 1. The Kier molecular flexibility index (Phi) is 6.08. The highest BCUT2D eigenvalue weighted by Crippen LogP contribution is 2.27. The highest BCUT2D eigenvalue weighted by Gasteiger charge is 2.24. The van der Waals surface area contributed by atoms with Gasteiger partial charge in [0.2, 0.25) is 0 Å². The number of hydrogen-bond donors (Lipinski definition) is 0. The van der Waals surface area contributed by atoms with E-state index in [-0.39, 0.29) is 11.6 Å². The molecule has 0 saturated carbocycles. The SMILES string of the molecule is CCCC(CCC)n1c(CC)nc2c1c(=O)n(C)c(=O)n2-c1ccc(Cl)cc1. The van der Waals surface area contributed by atoms with E-state index in [0.717, 1.165) is 31.5 Å². The van der Waals surface area contributed by atoms with Gasteiger partial charge in [0.1, 0.15) is 5.82 Å². The second-order valence-electron chi connectivity index (χ2n) is 7.11. The summed E-state index contributed by atoms with van der Waals surface area (Å²) in [6, 6.07) is 7.20. The smallest absolute Gasteiger partial charge is 0.319 e. The average molecular weight is 403 g/mol. The zero-order chi connectivity index (χ0) is 20.4. The first-order valence-corrected chi connectivity index (χ1v) is 10.3. The lowest BCUT2D eigenvalue weighted by atomic mass is 10.1. The molecule has 28 heavy (non-hydrogen) atoms. The number of nitrogens with zero attached hydrogens (tertiary/aromatic N) is 4. The normalized spacial score (nSPS) is 11.6. The van der Waals surface area contributed by atoms with E-state index in [9.17, 15) is 9.59 Å². The van der Waals surface area contributed by atoms with E-state index in [4.69, 9.17) is 16.6 Å². The number of aromatic nitrogens is 4. The maximum atomic E-state index is 13.1. The summed E-state index contributed by atoms with van der Waals surface area (Å²) in [4.78, 5) is 30.8. The Morgan fingerprint density at radius 1 is 1.04 bits per heavy atom. The van der Waals surface area contributed by atoms with Crippen molar-refractivity contribution in [3.8, 4) is 5.69 Å². The highest BCUT2D eigenvalue weighted by atomic mass is 35.5. The quantitative estimate of drug-likeness (QED) is 0.593. The van der Waals surface area contributed by atoms with E-state index in [1.54, 1.807) is 24.3 Å². The number of halogens is 1. The van der Waals surface area contributed by atoms with Crippen LogP contribution in [0.25, 0.3) is 16.9 Å². The van der Waals surface area contributed by atoms with Gasteiger partial charge in [-0.2, -0.15) is 0 Å². The van der Waals surface area contributed by atoms with Gasteiger partial charge in [-0.25, -0.2) is 14.3 Å². The minimum absolute atomic E-state index is 0.193. The van der Waals surface area contributed by atoms with Gasteiger partial charge in [0.25, 0.3) is 5.56 Å². The van der Waals surface area contributed by atoms with Crippen LogP contribution in [0.2, 0.25) is 5.02 Å². The van der Waals surface area contributed by atoms with E-state index >= 15 is 0 Å². The molecule has 0 fully saturated rings. The van der Waals surface area contributed by atoms with E-state index < -0.39 is 5.69 Å². The van der Waals surface area contributed by atoms with Crippen molar-refractivity contribution < 1.29 is 0 Å². The molecule has 0 aliphatic rings. The Balaban J connectivity index is 2.43. The molecule has 2 aromatic heterocycles. The van der Waals surface area contributed by atoms with Crippen molar-refractivity contribution in [2.45, 2.75) is 58.9 Å². The van der Waals surface area contributed by atoms with Crippen molar-refractivity contribution in [1.82, 2.24) is 18.7 Å².